The first-order valence-corrected chi connectivity index (χ1v) is 7.78. The molecule has 5 heteroatoms. The van der Waals surface area contributed by atoms with Gasteiger partial charge < -0.3 is 10.3 Å². The van der Waals surface area contributed by atoms with Gasteiger partial charge in [0.05, 0.1) is 12.6 Å². The van der Waals surface area contributed by atoms with Gasteiger partial charge in [-0.25, -0.2) is 0 Å². The van der Waals surface area contributed by atoms with Crippen molar-refractivity contribution in [1.82, 2.24) is 10.3 Å². The van der Waals surface area contributed by atoms with Gasteiger partial charge in [0.15, 0.2) is 0 Å². The molecule has 0 fully saturated rings. The highest BCUT2D eigenvalue weighted by Crippen LogP contribution is 2.26. The third-order valence-corrected chi connectivity index (χ3v) is 4.39. The zero-order valence-corrected chi connectivity index (χ0v) is 13.9. The molecule has 1 aliphatic heterocycles. The van der Waals surface area contributed by atoms with Crippen molar-refractivity contribution in [2.45, 2.75) is 26.8 Å². The number of fused-ring (bicyclic) bond motifs is 1. The lowest BCUT2D eigenvalue weighted by Crippen LogP contribution is -2.51. The van der Waals surface area contributed by atoms with Crippen molar-refractivity contribution in [2.75, 3.05) is 6.54 Å². The second kappa shape index (κ2) is 4.98. The fourth-order valence-corrected chi connectivity index (χ4v) is 2.88. The Hall–Kier alpha value is -1.62. The van der Waals surface area contributed by atoms with Gasteiger partial charge >= 0.3 is 0 Å². The number of aromatic amines is 1. The highest BCUT2D eigenvalue weighted by atomic mass is 79.9. The third kappa shape index (κ3) is 2.62. The number of nitrogens with one attached hydrogen (secondary N) is 2. The summed E-state index contributed by atoms with van der Waals surface area (Å²) in [5.74, 6) is -0.0926. The van der Waals surface area contributed by atoms with E-state index in [2.05, 4.69) is 52.0 Å². The largest absolute Gasteiger partial charge is 0.360 e. The van der Waals surface area contributed by atoms with E-state index in [1.165, 1.54) is 0 Å². The van der Waals surface area contributed by atoms with Gasteiger partial charge in [0.2, 0.25) is 0 Å². The molecule has 0 bridgehead atoms. The monoisotopic (exact) mass is 347 g/mol. The Morgan fingerprint density at radius 3 is 2.76 bits per heavy atom. The van der Waals surface area contributed by atoms with Crippen LogP contribution in [0.25, 0.3) is 10.9 Å². The molecular formula is C16H18BrN3O. The molecule has 1 aliphatic rings. The topological polar surface area (TPSA) is 57.2 Å². The lowest BCUT2D eigenvalue weighted by molar-refractivity contribution is -0.116. The Kier molecular flexibility index (Phi) is 3.40. The maximum Gasteiger partial charge on any atom is 0.270 e. The van der Waals surface area contributed by atoms with E-state index in [-0.39, 0.29) is 17.4 Å². The number of carbonyl (C=O) groups is 1. The van der Waals surface area contributed by atoms with Gasteiger partial charge in [-0.2, -0.15) is 0 Å². The SMILES string of the molecule is CC(C)(C)[C@H]1CN=C(c2c[nH]c3cc(Br)ccc23)C(=O)N1. The molecule has 3 rings (SSSR count). The number of aromatic nitrogens is 1. The van der Waals surface area contributed by atoms with E-state index in [1.54, 1.807) is 0 Å². The first kappa shape index (κ1) is 14.3. The zero-order chi connectivity index (χ0) is 15.2. The molecule has 1 amide bonds. The van der Waals surface area contributed by atoms with E-state index in [0.717, 1.165) is 20.9 Å². The number of carbonyl (C=O) groups excluding carboxylic acids is 1. The summed E-state index contributed by atoms with van der Waals surface area (Å²) >= 11 is 3.45. The third-order valence-electron chi connectivity index (χ3n) is 3.90. The van der Waals surface area contributed by atoms with Crippen LogP contribution in [0.3, 0.4) is 0 Å². The number of aliphatic imine (C=N–C) groups is 1. The van der Waals surface area contributed by atoms with Crippen LogP contribution >= 0.6 is 15.9 Å². The number of amides is 1. The smallest absolute Gasteiger partial charge is 0.270 e. The highest BCUT2D eigenvalue weighted by molar-refractivity contribution is 9.10. The van der Waals surface area contributed by atoms with Crippen LogP contribution in [0.15, 0.2) is 33.9 Å². The minimum Gasteiger partial charge on any atom is -0.360 e. The highest BCUT2D eigenvalue weighted by Gasteiger charge is 2.32. The molecule has 0 radical (unpaired) electrons. The van der Waals surface area contributed by atoms with Crippen LogP contribution in [0.1, 0.15) is 26.3 Å². The molecular weight excluding hydrogens is 330 g/mol. The van der Waals surface area contributed by atoms with Gasteiger partial charge in [0, 0.05) is 27.1 Å². The number of benzene rings is 1. The number of halogens is 1. The van der Waals surface area contributed by atoms with Crippen LogP contribution in [0.4, 0.5) is 0 Å². The Morgan fingerprint density at radius 1 is 1.33 bits per heavy atom. The molecule has 0 saturated heterocycles. The Balaban J connectivity index is 2.00. The molecule has 2 heterocycles. The lowest BCUT2D eigenvalue weighted by Gasteiger charge is -2.33. The Morgan fingerprint density at radius 2 is 2.10 bits per heavy atom. The first-order chi connectivity index (χ1) is 9.86. The van der Waals surface area contributed by atoms with E-state index in [1.807, 2.05) is 24.4 Å². The van der Waals surface area contributed by atoms with E-state index in [4.69, 9.17) is 0 Å². The maximum atomic E-state index is 12.4. The van der Waals surface area contributed by atoms with E-state index in [9.17, 15) is 4.79 Å². The van der Waals surface area contributed by atoms with Gasteiger partial charge in [-0.15, -0.1) is 0 Å². The Labute approximate surface area is 132 Å². The van der Waals surface area contributed by atoms with Crippen LogP contribution in [0, 0.1) is 5.41 Å². The summed E-state index contributed by atoms with van der Waals surface area (Å²) in [6.45, 7) is 6.96. The molecule has 0 saturated carbocycles. The summed E-state index contributed by atoms with van der Waals surface area (Å²) in [6.07, 6.45) is 1.85. The van der Waals surface area contributed by atoms with Crippen molar-refractivity contribution < 1.29 is 4.79 Å². The fraction of sp³-hybridized carbons (Fsp3) is 0.375. The number of nitrogens with zero attached hydrogens (tertiary/aromatic N) is 1. The molecule has 2 N–H and O–H groups in total. The van der Waals surface area contributed by atoms with Crippen molar-refractivity contribution in [2.24, 2.45) is 10.4 Å². The van der Waals surface area contributed by atoms with Crippen LogP contribution in [-0.4, -0.2) is 29.2 Å². The summed E-state index contributed by atoms with van der Waals surface area (Å²) < 4.78 is 1.01. The summed E-state index contributed by atoms with van der Waals surface area (Å²) in [5, 5.41) is 4.09. The van der Waals surface area contributed by atoms with Gasteiger partial charge in [-0.05, 0) is 17.5 Å². The molecule has 1 aromatic carbocycles. The first-order valence-electron chi connectivity index (χ1n) is 6.98. The quantitative estimate of drug-likeness (QED) is 0.817. The molecule has 110 valence electrons. The normalized spacial score (nSPS) is 19.5. The second-order valence-electron chi connectivity index (χ2n) is 6.47. The standard InChI is InChI=1S/C16H18BrN3O/c1-16(2,3)13-8-19-14(15(21)20-13)11-7-18-12-6-9(17)4-5-10(11)12/h4-7,13,18H,8H2,1-3H3,(H,20,21)/t13-/m1/s1. The average molecular weight is 348 g/mol. The molecule has 1 aromatic heterocycles. The van der Waals surface area contributed by atoms with Crippen molar-refractivity contribution >= 4 is 38.5 Å². The van der Waals surface area contributed by atoms with E-state index >= 15 is 0 Å². The zero-order valence-electron chi connectivity index (χ0n) is 12.3. The number of rotatable bonds is 1. The van der Waals surface area contributed by atoms with Crippen LogP contribution in [0.5, 0.6) is 0 Å². The number of H-pyrrole nitrogens is 1. The van der Waals surface area contributed by atoms with Gasteiger partial charge in [0.1, 0.15) is 5.71 Å². The minimum atomic E-state index is -0.0926. The summed E-state index contributed by atoms with van der Waals surface area (Å²) in [5.41, 5.74) is 2.38. The average Bonchev–Trinajstić information content (AvgIpc) is 2.80. The maximum absolute atomic E-state index is 12.4. The molecule has 1 atom stereocenters. The summed E-state index contributed by atoms with van der Waals surface area (Å²) in [6, 6.07) is 6.04. The van der Waals surface area contributed by atoms with Crippen molar-refractivity contribution in [3.8, 4) is 0 Å². The van der Waals surface area contributed by atoms with Crippen LogP contribution < -0.4 is 5.32 Å². The van der Waals surface area contributed by atoms with Gasteiger partial charge in [-0.3, -0.25) is 9.79 Å². The van der Waals surface area contributed by atoms with Crippen molar-refractivity contribution in [3.63, 3.8) is 0 Å². The minimum absolute atomic E-state index is 0.00969. The number of hydrogen-bond acceptors (Lipinski definition) is 2. The molecule has 21 heavy (non-hydrogen) atoms. The van der Waals surface area contributed by atoms with Crippen molar-refractivity contribution in [1.29, 1.82) is 0 Å². The molecule has 0 unspecified atom stereocenters. The lowest BCUT2D eigenvalue weighted by atomic mass is 9.85. The molecule has 4 nitrogen and oxygen atoms in total. The van der Waals surface area contributed by atoms with Gasteiger partial charge in [0.25, 0.3) is 5.91 Å². The van der Waals surface area contributed by atoms with Crippen LogP contribution in [-0.2, 0) is 4.79 Å². The fourth-order valence-electron chi connectivity index (χ4n) is 2.52. The summed E-state index contributed by atoms with van der Waals surface area (Å²) in [7, 11) is 0. The van der Waals surface area contributed by atoms with E-state index < -0.39 is 0 Å². The van der Waals surface area contributed by atoms with Crippen LogP contribution in [0.2, 0.25) is 0 Å². The van der Waals surface area contributed by atoms with Gasteiger partial charge in [-0.1, -0.05) is 42.8 Å². The van der Waals surface area contributed by atoms with E-state index in [0.29, 0.717) is 12.3 Å². The molecule has 0 spiro atoms. The van der Waals surface area contributed by atoms with Crippen molar-refractivity contribution in [3.05, 3.63) is 34.4 Å². The summed E-state index contributed by atoms with van der Waals surface area (Å²) in [4.78, 5) is 20.1. The Bertz CT molecular complexity index is 740. The molecule has 0 aliphatic carbocycles. The number of hydrogen-bond donors (Lipinski definition) is 2. The predicted octanol–water partition coefficient (Wildman–Crippen LogP) is 3.26. The molecule has 2 aromatic rings. The predicted molar refractivity (Wildman–Crippen MR) is 88.8 cm³/mol. The second-order valence-corrected chi connectivity index (χ2v) is 7.39.